The monoisotopic (exact) mass is 291 g/mol. The van der Waals surface area contributed by atoms with Crippen molar-refractivity contribution in [3.05, 3.63) is 71.3 Å². The minimum atomic E-state index is -0.801. The molecule has 0 aliphatic heterocycles. The fraction of sp³-hybridized carbons (Fsp3) is 0.188. The molecule has 1 unspecified atom stereocenters. The Morgan fingerprint density at radius 2 is 1.86 bits per heavy atom. The molecule has 110 valence electrons. The van der Waals surface area contributed by atoms with Crippen molar-refractivity contribution in [1.82, 2.24) is 5.32 Å². The molecule has 0 spiro atoms. The zero-order valence-electron chi connectivity index (χ0n) is 11.2. The van der Waals surface area contributed by atoms with Crippen LogP contribution in [0.3, 0.4) is 0 Å². The fourth-order valence-corrected chi connectivity index (χ4v) is 1.99. The minimum Gasteiger partial charge on any atom is -0.394 e. The van der Waals surface area contributed by atoms with E-state index < -0.39 is 23.6 Å². The molecule has 1 amide bonds. The van der Waals surface area contributed by atoms with E-state index in [0.717, 1.165) is 23.8 Å². The zero-order chi connectivity index (χ0) is 15.2. The molecular formula is C16H15F2NO2. The number of carbonyl (C=O) groups excluding carboxylic acids is 1. The van der Waals surface area contributed by atoms with Gasteiger partial charge in [-0.1, -0.05) is 30.3 Å². The van der Waals surface area contributed by atoms with Gasteiger partial charge in [0.2, 0.25) is 0 Å². The Kier molecular flexibility index (Phi) is 5.00. The number of carbonyl (C=O) groups is 1. The average molecular weight is 291 g/mol. The van der Waals surface area contributed by atoms with Crippen molar-refractivity contribution in [2.75, 3.05) is 6.61 Å². The summed E-state index contributed by atoms with van der Waals surface area (Å²) in [5.74, 6) is -2.24. The van der Waals surface area contributed by atoms with Gasteiger partial charge in [0.25, 0.3) is 5.91 Å². The third-order valence-electron chi connectivity index (χ3n) is 3.05. The molecule has 2 rings (SSSR count). The molecule has 2 aromatic carbocycles. The van der Waals surface area contributed by atoms with Gasteiger partial charge in [-0.2, -0.15) is 0 Å². The predicted molar refractivity (Wildman–Crippen MR) is 74.8 cm³/mol. The van der Waals surface area contributed by atoms with Gasteiger partial charge in [0.05, 0.1) is 18.2 Å². The molecule has 0 aromatic heterocycles. The molecule has 0 heterocycles. The predicted octanol–water partition coefficient (Wildman–Crippen LogP) is 2.30. The number of halogens is 2. The van der Waals surface area contributed by atoms with Crippen LogP contribution in [0.4, 0.5) is 8.78 Å². The summed E-state index contributed by atoms with van der Waals surface area (Å²) in [5.41, 5.74) is 0.554. The highest BCUT2D eigenvalue weighted by molar-refractivity contribution is 5.94. The van der Waals surface area contributed by atoms with Gasteiger partial charge in [-0.3, -0.25) is 4.79 Å². The van der Waals surface area contributed by atoms with Crippen LogP contribution < -0.4 is 5.32 Å². The van der Waals surface area contributed by atoms with E-state index in [-0.39, 0.29) is 12.2 Å². The Hall–Kier alpha value is -2.27. The van der Waals surface area contributed by atoms with E-state index in [9.17, 15) is 18.7 Å². The van der Waals surface area contributed by atoms with E-state index in [1.807, 2.05) is 30.3 Å². The molecule has 2 aromatic rings. The summed E-state index contributed by atoms with van der Waals surface area (Å²) in [6.07, 6.45) is 0.403. The van der Waals surface area contributed by atoms with Crippen LogP contribution in [0.1, 0.15) is 15.9 Å². The van der Waals surface area contributed by atoms with E-state index in [4.69, 9.17) is 0 Å². The second-order valence-corrected chi connectivity index (χ2v) is 4.67. The van der Waals surface area contributed by atoms with E-state index in [1.165, 1.54) is 0 Å². The molecule has 5 heteroatoms. The maximum absolute atomic E-state index is 13.5. The van der Waals surface area contributed by atoms with Crippen molar-refractivity contribution in [3.63, 3.8) is 0 Å². The molecule has 0 radical (unpaired) electrons. The lowest BCUT2D eigenvalue weighted by atomic mass is 10.1. The lowest BCUT2D eigenvalue weighted by molar-refractivity contribution is 0.0912. The standard InChI is InChI=1S/C16H15F2NO2/c17-12-6-7-15(18)14(9-12)16(21)19-13(10-20)8-11-4-2-1-3-5-11/h1-7,9,13,20H,8,10H2,(H,19,21). The number of hydrogen-bond acceptors (Lipinski definition) is 2. The summed E-state index contributed by atoms with van der Waals surface area (Å²) in [6, 6.07) is 11.4. The minimum absolute atomic E-state index is 0.294. The summed E-state index contributed by atoms with van der Waals surface area (Å²) in [4.78, 5) is 11.9. The molecule has 0 aliphatic carbocycles. The highest BCUT2D eigenvalue weighted by atomic mass is 19.1. The molecule has 0 saturated heterocycles. The van der Waals surface area contributed by atoms with Gasteiger partial charge >= 0.3 is 0 Å². The Balaban J connectivity index is 2.07. The highest BCUT2D eigenvalue weighted by Crippen LogP contribution is 2.10. The maximum Gasteiger partial charge on any atom is 0.254 e. The number of aliphatic hydroxyl groups is 1. The van der Waals surface area contributed by atoms with Crippen LogP contribution in [0, 0.1) is 11.6 Å². The fourth-order valence-electron chi connectivity index (χ4n) is 1.99. The summed E-state index contributed by atoms with van der Waals surface area (Å²) >= 11 is 0. The molecule has 1 atom stereocenters. The van der Waals surface area contributed by atoms with Gasteiger partial charge in [0.15, 0.2) is 0 Å². The first-order valence-corrected chi connectivity index (χ1v) is 6.51. The zero-order valence-corrected chi connectivity index (χ0v) is 11.2. The second-order valence-electron chi connectivity index (χ2n) is 4.67. The number of amides is 1. The van der Waals surface area contributed by atoms with Crippen molar-refractivity contribution >= 4 is 5.91 Å². The SMILES string of the molecule is O=C(NC(CO)Cc1ccccc1)c1cc(F)ccc1F. The summed E-state index contributed by atoms with van der Waals surface area (Å²) in [7, 11) is 0. The van der Waals surface area contributed by atoms with Crippen LogP contribution >= 0.6 is 0 Å². The van der Waals surface area contributed by atoms with Crippen LogP contribution in [0.15, 0.2) is 48.5 Å². The molecule has 3 nitrogen and oxygen atoms in total. The second kappa shape index (κ2) is 6.95. The van der Waals surface area contributed by atoms with Crippen LogP contribution in [0.25, 0.3) is 0 Å². The first-order valence-electron chi connectivity index (χ1n) is 6.51. The normalized spacial score (nSPS) is 12.0. The summed E-state index contributed by atoms with van der Waals surface area (Å²) < 4.78 is 26.6. The molecule has 0 saturated carbocycles. The average Bonchev–Trinajstić information content (AvgIpc) is 2.50. The van der Waals surface area contributed by atoms with Crippen molar-refractivity contribution in [1.29, 1.82) is 0 Å². The topological polar surface area (TPSA) is 49.3 Å². The van der Waals surface area contributed by atoms with Crippen LogP contribution in [-0.2, 0) is 6.42 Å². The Morgan fingerprint density at radius 1 is 1.14 bits per heavy atom. The van der Waals surface area contributed by atoms with Crippen molar-refractivity contribution in [2.45, 2.75) is 12.5 Å². The smallest absolute Gasteiger partial charge is 0.254 e. The molecule has 0 bridgehead atoms. The van der Waals surface area contributed by atoms with Gasteiger partial charge in [-0.15, -0.1) is 0 Å². The summed E-state index contributed by atoms with van der Waals surface area (Å²) in [5, 5.41) is 11.8. The van der Waals surface area contributed by atoms with Crippen LogP contribution in [-0.4, -0.2) is 23.7 Å². The maximum atomic E-state index is 13.5. The number of aliphatic hydroxyl groups excluding tert-OH is 1. The third kappa shape index (κ3) is 4.10. The molecular weight excluding hydrogens is 276 g/mol. The van der Waals surface area contributed by atoms with Gasteiger partial charge in [0, 0.05) is 0 Å². The largest absolute Gasteiger partial charge is 0.394 e. The molecule has 0 aliphatic rings. The first-order chi connectivity index (χ1) is 10.1. The van der Waals surface area contributed by atoms with Gasteiger partial charge in [-0.05, 0) is 30.2 Å². The van der Waals surface area contributed by atoms with Crippen molar-refractivity contribution < 1.29 is 18.7 Å². The van der Waals surface area contributed by atoms with Crippen LogP contribution in [0.5, 0.6) is 0 Å². The summed E-state index contributed by atoms with van der Waals surface area (Å²) in [6.45, 7) is -0.294. The Bertz CT molecular complexity index is 617. The van der Waals surface area contributed by atoms with E-state index in [0.29, 0.717) is 6.42 Å². The molecule has 21 heavy (non-hydrogen) atoms. The number of nitrogens with one attached hydrogen (secondary N) is 1. The third-order valence-corrected chi connectivity index (χ3v) is 3.05. The number of hydrogen-bond donors (Lipinski definition) is 2. The van der Waals surface area contributed by atoms with E-state index in [2.05, 4.69) is 5.32 Å². The highest BCUT2D eigenvalue weighted by Gasteiger charge is 2.17. The quantitative estimate of drug-likeness (QED) is 0.888. The van der Waals surface area contributed by atoms with E-state index >= 15 is 0 Å². The number of rotatable bonds is 5. The molecule has 0 fully saturated rings. The van der Waals surface area contributed by atoms with Gasteiger partial charge < -0.3 is 10.4 Å². The van der Waals surface area contributed by atoms with Crippen LogP contribution in [0.2, 0.25) is 0 Å². The van der Waals surface area contributed by atoms with Crippen molar-refractivity contribution in [2.24, 2.45) is 0 Å². The first kappa shape index (κ1) is 15.1. The Morgan fingerprint density at radius 3 is 2.52 bits per heavy atom. The molecule has 2 N–H and O–H groups in total. The van der Waals surface area contributed by atoms with Crippen molar-refractivity contribution in [3.8, 4) is 0 Å². The number of benzene rings is 2. The Labute approximate surface area is 121 Å². The lowest BCUT2D eigenvalue weighted by Gasteiger charge is -2.16. The van der Waals surface area contributed by atoms with E-state index in [1.54, 1.807) is 0 Å². The van der Waals surface area contributed by atoms with Gasteiger partial charge in [0.1, 0.15) is 11.6 Å². The van der Waals surface area contributed by atoms with Gasteiger partial charge in [-0.25, -0.2) is 8.78 Å². The lowest BCUT2D eigenvalue weighted by Crippen LogP contribution is -2.39.